The van der Waals surface area contributed by atoms with Gasteiger partial charge in [0.05, 0.1) is 5.60 Å². The van der Waals surface area contributed by atoms with Crippen LogP contribution in [0.1, 0.15) is 90.9 Å². The lowest BCUT2D eigenvalue weighted by Gasteiger charge is -2.39. The lowest BCUT2D eigenvalue weighted by Crippen LogP contribution is -2.52. The summed E-state index contributed by atoms with van der Waals surface area (Å²) in [6.07, 6.45) is 7.67. The fourth-order valence-electron chi connectivity index (χ4n) is 7.48. The van der Waals surface area contributed by atoms with Crippen LogP contribution in [-0.2, 0) is 28.3 Å². The van der Waals surface area contributed by atoms with Crippen LogP contribution in [0.5, 0.6) is 0 Å². The third kappa shape index (κ3) is 6.66. The molecule has 3 fully saturated rings. The van der Waals surface area contributed by atoms with E-state index in [0.717, 1.165) is 62.3 Å². The number of nitrogens with zero attached hydrogens (tertiary/aromatic N) is 5. The number of piperidine rings is 3. The highest BCUT2D eigenvalue weighted by atomic mass is 16.3. The summed E-state index contributed by atoms with van der Waals surface area (Å²) in [6.45, 7) is 8.93. The van der Waals surface area contributed by atoms with Gasteiger partial charge >= 0.3 is 0 Å². The highest BCUT2D eigenvalue weighted by molar-refractivity contribution is 6.05. The number of likely N-dealkylation sites (tertiary alicyclic amines) is 1. The van der Waals surface area contributed by atoms with Crippen molar-refractivity contribution in [2.45, 2.75) is 89.1 Å². The van der Waals surface area contributed by atoms with Gasteiger partial charge in [0.15, 0.2) is 0 Å². The van der Waals surface area contributed by atoms with E-state index in [4.69, 9.17) is 0 Å². The molecule has 4 aliphatic rings. The summed E-state index contributed by atoms with van der Waals surface area (Å²) in [5.41, 5.74) is 4.89. The molecule has 11 nitrogen and oxygen atoms in total. The molecule has 1 aromatic heterocycles. The number of benzene rings is 2. The number of anilines is 2. The van der Waals surface area contributed by atoms with E-state index < -0.39 is 17.6 Å². The van der Waals surface area contributed by atoms with Gasteiger partial charge in [-0.25, -0.2) is 9.97 Å². The molecule has 0 spiro atoms. The molecule has 7 rings (SSSR count). The Kier molecular flexibility index (Phi) is 8.91. The number of fused-ring (bicyclic) bond motifs is 1. The Bertz CT molecular complexity index is 1660. The van der Waals surface area contributed by atoms with Crippen molar-refractivity contribution in [1.29, 1.82) is 0 Å². The molecule has 252 valence electrons. The molecule has 3 N–H and O–H groups in total. The lowest BCUT2D eigenvalue weighted by atomic mass is 9.83. The monoisotopic (exact) mass is 651 g/mol. The zero-order valence-corrected chi connectivity index (χ0v) is 27.8. The zero-order valence-electron chi connectivity index (χ0n) is 27.8. The maximum Gasteiger partial charge on any atom is 0.255 e. The third-order valence-corrected chi connectivity index (χ3v) is 10.6. The molecule has 1 atom stereocenters. The first-order chi connectivity index (χ1) is 23.1. The van der Waals surface area contributed by atoms with Crippen LogP contribution in [0, 0.1) is 0 Å². The van der Waals surface area contributed by atoms with E-state index in [-0.39, 0.29) is 18.2 Å². The third-order valence-electron chi connectivity index (χ3n) is 10.6. The quantitative estimate of drug-likeness (QED) is 0.310. The lowest BCUT2D eigenvalue weighted by molar-refractivity contribution is -0.136. The van der Waals surface area contributed by atoms with Crippen molar-refractivity contribution in [2.24, 2.45) is 0 Å². The number of hydrogen-bond acceptors (Lipinski definition) is 9. The Hall–Kier alpha value is -4.35. The van der Waals surface area contributed by atoms with Crippen LogP contribution >= 0.6 is 0 Å². The normalized spacial score (nSPS) is 21.8. The second-order valence-electron chi connectivity index (χ2n) is 14.1. The van der Waals surface area contributed by atoms with Crippen molar-refractivity contribution in [3.05, 3.63) is 82.7 Å². The average Bonchev–Trinajstić information content (AvgIpc) is 3.42. The van der Waals surface area contributed by atoms with Crippen molar-refractivity contribution < 1.29 is 19.5 Å². The van der Waals surface area contributed by atoms with E-state index in [0.29, 0.717) is 49.3 Å². The smallest absolute Gasteiger partial charge is 0.255 e. The summed E-state index contributed by atoms with van der Waals surface area (Å²) in [5.74, 6) is 0.224. The summed E-state index contributed by atoms with van der Waals surface area (Å²) in [5, 5.41) is 17.5. The molecule has 0 bridgehead atoms. The van der Waals surface area contributed by atoms with Crippen LogP contribution in [-0.4, -0.2) is 80.9 Å². The van der Waals surface area contributed by atoms with Crippen molar-refractivity contribution in [2.75, 3.05) is 36.4 Å². The minimum atomic E-state index is -0.967. The summed E-state index contributed by atoms with van der Waals surface area (Å²) in [7, 11) is 0. The van der Waals surface area contributed by atoms with E-state index in [1.54, 1.807) is 11.0 Å². The minimum Gasteiger partial charge on any atom is -0.385 e. The molecular weight excluding hydrogens is 606 g/mol. The predicted molar refractivity (Wildman–Crippen MR) is 182 cm³/mol. The Morgan fingerprint density at radius 2 is 1.67 bits per heavy atom. The van der Waals surface area contributed by atoms with Gasteiger partial charge in [-0.1, -0.05) is 38.1 Å². The number of nitrogens with one attached hydrogen (secondary N) is 2. The Morgan fingerprint density at radius 3 is 2.33 bits per heavy atom. The van der Waals surface area contributed by atoms with E-state index >= 15 is 0 Å². The Balaban J connectivity index is 0.890. The maximum atomic E-state index is 13.1. The predicted octanol–water partition coefficient (Wildman–Crippen LogP) is 3.93. The van der Waals surface area contributed by atoms with E-state index in [1.807, 2.05) is 24.5 Å². The van der Waals surface area contributed by atoms with Crippen LogP contribution in [0.15, 0.2) is 54.9 Å². The number of aromatic nitrogens is 2. The Morgan fingerprint density at radius 1 is 0.958 bits per heavy atom. The standard InChI is InChI=1S/C37H45N7O4/c1-24(2)27-20-38-36(39-21-27)40-29-11-15-43(16-12-29)30-6-3-25(4-7-30)22-42-17-13-37(48,14-18-42)28-5-8-31-26(19-28)23-44(35(31)47)32-9-10-33(45)41-34(32)46/h3-8,19-21,24,29,32,48H,9-18,22-23H2,1-2H3,(H,38,39,40)(H,41,45,46). The van der Waals surface area contributed by atoms with E-state index in [9.17, 15) is 19.5 Å². The second kappa shape index (κ2) is 13.3. The summed E-state index contributed by atoms with van der Waals surface area (Å²) in [6, 6.07) is 14.2. The molecule has 4 aliphatic heterocycles. The van der Waals surface area contributed by atoms with Crippen LogP contribution < -0.4 is 15.5 Å². The molecule has 3 aromatic rings. The van der Waals surface area contributed by atoms with Crippen LogP contribution in [0.2, 0.25) is 0 Å². The molecule has 3 amide bonds. The van der Waals surface area contributed by atoms with Gasteiger partial charge in [0.1, 0.15) is 6.04 Å². The number of carbonyl (C=O) groups excluding carboxylic acids is 3. The highest BCUT2D eigenvalue weighted by Gasteiger charge is 2.41. The van der Waals surface area contributed by atoms with Gasteiger partial charge in [-0.15, -0.1) is 0 Å². The molecule has 1 unspecified atom stereocenters. The molecule has 0 saturated carbocycles. The summed E-state index contributed by atoms with van der Waals surface area (Å²) < 4.78 is 0. The largest absolute Gasteiger partial charge is 0.385 e. The van der Waals surface area contributed by atoms with Crippen molar-refractivity contribution in [3.8, 4) is 0 Å². The number of hydrogen-bond donors (Lipinski definition) is 3. The number of carbonyl (C=O) groups is 3. The highest BCUT2D eigenvalue weighted by Crippen LogP contribution is 2.37. The van der Waals surface area contributed by atoms with Gasteiger partial charge in [-0.3, -0.25) is 24.6 Å². The first-order valence-corrected chi connectivity index (χ1v) is 17.3. The molecule has 3 saturated heterocycles. The van der Waals surface area contributed by atoms with Gasteiger partial charge in [0, 0.05) is 75.4 Å². The Labute approximate surface area is 281 Å². The minimum absolute atomic E-state index is 0.196. The fourth-order valence-corrected chi connectivity index (χ4v) is 7.48. The molecule has 0 radical (unpaired) electrons. The summed E-state index contributed by atoms with van der Waals surface area (Å²) >= 11 is 0. The molecular formula is C37H45N7O4. The summed E-state index contributed by atoms with van der Waals surface area (Å²) in [4.78, 5) is 52.5. The number of rotatable bonds is 8. The second-order valence-corrected chi connectivity index (χ2v) is 14.1. The van der Waals surface area contributed by atoms with Crippen LogP contribution in [0.25, 0.3) is 0 Å². The topological polar surface area (TPSA) is 131 Å². The zero-order chi connectivity index (χ0) is 33.4. The van der Waals surface area contributed by atoms with Crippen molar-refractivity contribution in [3.63, 3.8) is 0 Å². The van der Waals surface area contributed by atoms with Crippen molar-refractivity contribution in [1.82, 2.24) is 25.1 Å². The average molecular weight is 652 g/mol. The van der Waals surface area contributed by atoms with Gasteiger partial charge in [-0.2, -0.15) is 0 Å². The van der Waals surface area contributed by atoms with Crippen LogP contribution in [0.4, 0.5) is 11.6 Å². The number of amides is 3. The number of imide groups is 1. The van der Waals surface area contributed by atoms with E-state index in [2.05, 4.69) is 68.5 Å². The van der Waals surface area contributed by atoms with Gasteiger partial charge in [-0.05, 0) is 78.5 Å². The number of aliphatic hydroxyl groups is 1. The van der Waals surface area contributed by atoms with Gasteiger partial charge < -0.3 is 20.2 Å². The van der Waals surface area contributed by atoms with Crippen LogP contribution in [0.3, 0.4) is 0 Å². The molecule has 48 heavy (non-hydrogen) atoms. The fraction of sp³-hybridized carbons (Fsp3) is 0.486. The first kappa shape index (κ1) is 32.2. The first-order valence-electron chi connectivity index (χ1n) is 17.3. The molecule has 2 aromatic carbocycles. The molecule has 5 heterocycles. The van der Waals surface area contributed by atoms with E-state index in [1.165, 1.54) is 11.3 Å². The van der Waals surface area contributed by atoms with Crippen molar-refractivity contribution >= 4 is 29.4 Å². The maximum absolute atomic E-state index is 13.1. The van der Waals surface area contributed by atoms with Gasteiger partial charge in [0.2, 0.25) is 17.8 Å². The molecule has 11 heteroatoms. The SMILES string of the molecule is CC(C)c1cnc(NC2CCN(c3ccc(CN4CCC(O)(c5ccc6c(c5)CN(C5CCC(=O)NC5=O)C6=O)CC4)cc3)CC2)nc1. The molecule has 0 aliphatic carbocycles. The van der Waals surface area contributed by atoms with Gasteiger partial charge in [0.25, 0.3) is 5.91 Å².